The maximum atomic E-state index is 12.9. The Morgan fingerprint density at radius 3 is 2.61 bits per heavy atom. The number of anilines is 1. The molecule has 6 nitrogen and oxygen atoms in total. The number of thiocarbonyl (C=S) groups is 1. The molecule has 8 heteroatoms. The minimum atomic E-state index is -1.14. The van der Waals surface area contributed by atoms with Gasteiger partial charge in [0.2, 0.25) is 5.91 Å². The summed E-state index contributed by atoms with van der Waals surface area (Å²) in [6.45, 7) is 0. The number of carbonyl (C=O) groups excluding carboxylic acids is 2. The monoisotopic (exact) mass is 404 g/mol. The van der Waals surface area contributed by atoms with Crippen molar-refractivity contribution in [1.29, 1.82) is 5.26 Å². The van der Waals surface area contributed by atoms with E-state index in [1.165, 1.54) is 22.5 Å². The molecule has 1 fully saturated rings. The third kappa shape index (κ3) is 3.07. The van der Waals surface area contributed by atoms with Crippen LogP contribution >= 0.6 is 23.6 Å². The number of benzene rings is 2. The number of para-hydroxylation sites is 1. The smallest absolute Gasteiger partial charge is 0.251 e. The van der Waals surface area contributed by atoms with Crippen LogP contribution in [0.3, 0.4) is 0 Å². The van der Waals surface area contributed by atoms with Crippen LogP contribution in [-0.4, -0.2) is 23.1 Å². The van der Waals surface area contributed by atoms with E-state index in [0.717, 1.165) is 10.1 Å². The van der Waals surface area contributed by atoms with Crippen molar-refractivity contribution in [2.24, 2.45) is 10.9 Å². The molecule has 0 spiro atoms. The normalized spacial score (nSPS) is 17.2. The molecule has 2 aromatic carbocycles. The molecule has 1 saturated heterocycles. The summed E-state index contributed by atoms with van der Waals surface area (Å²) in [6, 6.07) is 18.5. The van der Waals surface area contributed by atoms with Gasteiger partial charge in [-0.25, -0.2) is 4.99 Å². The fourth-order valence-electron chi connectivity index (χ4n) is 2.92. The van der Waals surface area contributed by atoms with Crippen LogP contribution in [0.5, 0.6) is 0 Å². The van der Waals surface area contributed by atoms with Gasteiger partial charge in [0.25, 0.3) is 5.91 Å². The topological polar surface area (TPSA) is 85.6 Å². The van der Waals surface area contributed by atoms with Crippen molar-refractivity contribution >= 4 is 67.5 Å². The van der Waals surface area contributed by atoms with Gasteiger partial charge in [0.05, 0.1) is 11.3 Å². The van der Waals surface area contributed by atoms with Crippen LogP contribution in [0.25, 0.3) is 10.1 Å². The number of hydrogen-bond donors (Lipinski definition) is 1. The number of nitrogens with zero attached hydrogens (tertiary/aromatic N) is 3. The predicted octanol–water partition coefficient (Wildman–Crippen LogP) is 3.54. The highest BCUT2D eigenvalue weighted by Gasteiger charge is 2.38. The molecular weight excluding hydrogens is 392 g/mol. The van der Waals surface area contributed by atoms with Gasteiger partial charge >= 0.3 is 0 Å². The summed E-state index contributed by atoms with van der Waals surface area (Å²) in [5, 5.41) is 13.3. The van der Waals surface area contributed by atoms with Crippen molar-refractivity contribution in [1.82, 2.24) is 5.32 Å². The zero-order valence-electron chi connectivity index (χ0n) is 14.3. The third-order valence-corrected chi connectivity index (χ3v) is 5.61. The number of nitriles is 1. The Kier molecular flexibility index (Phi) is 4.69. The Bertz CT molecular complexity index is 1180. The van der Waals surface area contributed by atoms with Crippen LogP contribution in [0.2, 0.25) is 0 Å². The Hall–Kier alpha value is -3.41. The standard InChI is InChI=1S/C20H12N4O2S2/c21-10-14-13-8-4-5-9-16(13)28-18(14)22-11-15-17(25)23-20(27)24(19(15)26)12-6-2-1-3-7-12/h1-9,11,15H,(H,23,25,27). The van der Waals surface area contributed by atoms with Gasteiger partial charge in [0.15, 0.2) is 11.0 Å². The quantitative estimate of drug-likeness (QED) is 0.411. The number of thiophene rings is 1. The van der Waals surface area contributed by atoms with Crippen LogP contribution in [0, 0.1) is 17.2 Å². The van der Waals surface area contributed by atoms with Gasteiger partial charge in [0, 0.05) is 16.3 Å². The number of hydrogen-bond acceptors (Lipinski definition) is 6. The first kappa shape index (κ1) is 18.0. The van der Waals surface area contributed by atoms with Crippen molar-refractivity contribution in [3.8, 4) is 6.07 Å². The van der Waals surface area contributed by atoms with E-state index in [9.17, 15) is 14.9 Å². The maximum absolute atomic E-state index is 12.9. The van der Waals surface area contributed by atoms with Crippen LogP contribution in [0.1, 0.15) is 5.56 Å². The SMILES string of the molecule is N#Cc1c(N=CC2C(=O)NC(=S)N(c3ccccc3)C2=O)sc2ccccc12. The number of carbonyl (C=O) groups is 2. The molecule has 0 radical (unpaired) electrons. The summed E-state index contributed by atoms with van der Waals surface area (Å²) in [4.78, 5) is 30.9. The molecule has 2 heterocycles. The van der Waals surface area contributed by atoms with Gasteiger partial charge in [-0.2, -0.15) is 5.26 Å². The van der Waals surface area contributed by atoms with E-state index >= 15 is 0 Å². The highest BCUT2D eigenvalue weighted by atomic mass is 32.1. The molecular formula is C20H12N4O2S2. The molecule has 0 saturated carbocycles. The van der Waals surface area contributed by atoms with Crippen LogP contribution in [0.4, 0.5) is 10.7 Å². The lowest BCUT2D eigenvalue weighted by Gasteiger charge is -2.30. The molecule has 0 bridgehead atoms. The molecule has 0 aliphatic carbocycles. The van der Waals surface area contributed by atoms with Crippen molar-refractivity contribution in [2.45, 2.75) is 0 Å². The molecule has 1 unspecified atom stereocenters. The average Bonchev–Trinajstić information content (AvgIpc) is 3.05. The van der Waals surface area contributed by atoms with Crippen molar-refractivity contribution in [3.63, 3.8) is 0 Å². The summed E-state index contributed by atoms with van der Waals surface area (Å²) >= 11 is 6.50. The summed E-state index contributed by atoms with van der Waals surface area (Å²) < 4.78 is 0.915. The zero-order valence-corrected chi connectivity index (χ0v) is 16.0. The second kappa shape index (κ2) is 7.31. The molecule has 1 atom stereocenters. The van der Waals surface area contributed by atoms with E-state index in [1.54, 1.807) is 24.3 Å². The minimum absolute atomic E-state index is 0.0328. The number of amides is 2. The molecule has 1 aliphatic heterocycles. The molecule has 1 aliphatic rings. The minimum Gasteiger partial charge on any atom is -0.301 e. The highest BCUT2D eigenvalue weighted by molar-refractivity contribution is 7.80. The number of rotatable bonds is 3. The lowest BCUT2D eigenvalue weighted by atomic mass is 10.1. The molecule has 2 amide bonds. The second-order valence-electron chi connectivity index (χ2n) is 5.95. The van der Waals surface area contributed by atoms with E-state index in [4.69, 9.17) is 12.2 Å². The maximum Gasteiger partial charge on any atom is 0.251 e. The van der Waals surface area contributed by atoms with E-state index in [0.29, 0.717) is 16.3 Å². The highest BCUT2D eigenvalue weighted by Crippen LogP contribution is 2.37. The van der Waals surface area contributed by atoms with Crippen LogP contribution in [0.15, 0.2) is 59.6 Å². The van der Waals surface area contributed by atoms with E-state index in [1.807, 2.05) is 30.3 Å². The second-order valence-corrected chi connectivity index (χ2v) is 7.37. The fourth-order valence-corrected chi connectivity index (χ4v) is 4.22. The first-order valence-electron chi connectivity index (χ1n) is 8.30. The van der Waals surface area contributed by atoms with Gasteiger partial charge in [-0.3, -0.25) is 14.5 Å². The number of fused-ring (bicyclic) bond motifs is 1. The Balaban J connectivity index is 1.69. The van der Waals surface area contributed by atoms with Gasteiger partial charge in [0.1, 0.15) is 11.1 Å². The zero-order chi connectivity index (χ0) is 19.7. The number of nitrogens with one attached hydrogen (secondary N) is 1. The average molecular weight is 404 g/mol. The van der Waals surface area contributed by atoms with Crippen molar-refractivity contribution in [2.75, 3.05) is 4.90 Å². The largest absolute Gasteiger partial charge is 0.301 e. The number of aliphatic imine (C=N–C) groups is 1. The molecule has 28 heavy (non-hydrogen) atoms. The Labute approximate surface area is 169 Å². The van der Waals surface area contributed by atoms with Gasteiger partial charge in [-0.05, 0) is 30.4 Å². The van der Waals surface area contributed by atoms with Crippen LogP contribution in [-0.2, 0) is 9.59 Å². The van der Waals surface area contributed by atoms with Gasteiger partial charge in [-0.15, -0.1) is 11.3 Å². The van der Waals surface area contributed by atoms with Crippen LogP contribution < -0.4 is 10.2 Å². The molecule has 136 valence electrons. The fraction of sp³-hybridized carbons (Fsp3) is 0.0500. The predicted molar refractivity (Wildman–Crippen MR) is 113 cm³/mol. The molecule has 3 aromatic rings. The summed E-state index contributed by atoms with van der Waals surface area (Å²) in [5.41, 5.74) is 0.992. The van der Waals surface area contributed by atoms with E-state index in [-0.39, 0.29) is 5.11 Å². The first-order chi connectivity index (χ1) is 13.6. The van der Waals surface area contributed by atoms with Gasteiger partial charge in [-0.1, -0.05) is 36.4 Å². The van der Waals surface area contributed by atoms with Gasteiger partial charge < -0.3 is 5.32 Å². The molecule has 4 rings (SSSR count). The summed E-state index contributed by atoms with van der Waals surface area (Å²) in [7, 11) is 0. The Morgan fingerprint density at radius 1 is 1.14 bits per heavy atom. The summed E-state index contributed by atoms with van der Waals surface area (Å²) in [5.74, 6) is -2.16. The lowest BCUT2D eigenvalue weighted by Crippen LogP contribution is -2.58. The first-order valence-corrected chi connectivity index (χ1v) is 9.52. The van der Waals surface area contributed by atoms with Crippen molar-refractivity contribution in [3.05, 3.63) is 60.2 Å². The van der Waals surface area contributed by atoms with Crippen molar-refractivity contribution < 1.29 is 9.59 Å². The molecule has 1 N–H and O–H groups in total. The van der Waals surface area contributed by atoms with E-state index in [2.05, 4.69) is 16.4 Å². The van der Waals surface area contributed by atoms with E-state index < -0.39 is 17.7 Å². The Morgan fingerprint density at radius 2 is 1.86 bits per heavy atom. The molecule has 1 aromatic heterocycles. The third-order valence-electron chi connectivity index (χ3n) is 4.25. The lowest BCUT2D eigenvalue weighted by molar-refractivity contribution is -0.130. The summed E-state index contributed by atoms with van der Waals surface area (Å²) in [6.07, 6.45) is 1.28.